The number of aliphatic hydroxyl groups excluding tert-OH is 1. The Hall–Kier alpha value is -3.26. The fourth-order valence-corrected chi connectivity index (χ4v) is 6.09. The highest BCUT2D eigenvalue weighted by atomic mass is 16.2. The molecule has 2 aromatic rings. The summed E-state index contributed by atoms with van der Waals surface area (Å²) in [4.78, 5) is 16.1. The van der Waals surface area contributed by atoms with Gasteiger partial charge < -0.3 is 25.7 Å². The quantitative estimate of drug-likeness (QED) is 0.334. The van der Waals surface area contributed by atoms with E-state index in [9.17, 15) is 0 Å². The van der Waals surface area contributed by atoms with E-state index in [1.165, 1.54) is 42.7 Å². The van der Waals surface area contributed by atoms with Crippen LogP contribution in [0.4, 0.5) is 5.82 Å². The van der Waals surface area contributed by atoms with Crippen LogP contribution in [0.5, 0.6) is 0 Å². The van der Waals surface area contributed by atoms with Crippen LogP contribution in [-0.4, -0.2) is 56.8 Å². The molecule has 1 saturated carbocycles. The molecular formula is C32H49N7O. The number of aliphatic imine (C=N–C) groups is 1. The highest BCUT2D eigenvalue weighted by Crippen LogP contribution is 2.41. The molecule has 4 N–H and O–H groups in total. The van der Waals surface area contributed by atoms with Crippen LogP contribution >= 0.6 is 0 Å². The third-order valence-corrected chi connectivity index (χ3v) is 8.32. The molecule has 0 spiro atoms. The van der Waals surface area contributed by atoms with Gasteiger partial charge in [0.25, 0.3) is 0 Å². The van der Waals surface area contributed by atoms with Gasteiger partial charge in [-0.15, -0.1) is 0 Å². The molecule has 3 aliphatic rings. The average Bonchev–Trinajstić information content (AvgIpc) is 3.63. The summed E-state index contributed by atoms with van der Waals surface area (Å²) in [5.41, 5.74) is 11.1. The molecule has 0 amide bonds. The van der Waals surface area contributed by atoms with Crippen LogP contribution < -0.4 is 5.73 Å². The molecule has 2 aromatic heterocycles. The lowest BCUT2D eigenvalue weighted by Crippen LogP contribution is -2.30. The minimum Gasteiger partial charge on any atom is -0.400 e. The van der Waals surface area contributed by atoms with Crippen molar-refractivity contribution in [3.05, 3.63) is 53.7 Å². The van der Waals surface area contributed by atoms with Crippen LogP contribution in [0.2, 0.25) is 0 Å². The molecule has 3 atom stereocenters. The first kappa shape index (κ1) is 31.3. The zero-order valence-electron chi connectivity index (χ0n) is 25.3. The molecule has 40 heavy (non-hydrogen) atoms. The number of nitrogens with two attached hydrogens (primary N) is 1. The Kier molecular flexibility index (Phi) is 11.7. The lowest BCUT2D eigenvalue weighted by atomic mass is 9.85. The Bertz CT molecular complexity index is 1270. The second kappa shape index (κ2) is 14.9. The third kappa shape index (κ3) is 6.89. The van der Waals surface area contributed by atoms with Crippen molar-refractivity contribution in [3.8, 4) is 0 Å². The monoisotopic (exact) mass is 547 g/mol. The molecule has 8 heteroatoms. The maximum Gasteiger partial charge on any atom is 0.146 e. The molecule has 1 fully saturated rings. The standard InChI is InChI=1S/C29H39N7.C2H6.CH4O/c1-4-6-24(30)23-17-36(29-27(23)28(31)32-18-33-29)22-13-10-19(15-22)7-8-20-9-11-21-12-14-26(35(3)5-2)34-25(21)16-20;2*1-2/h4,6,9,16-19,21-22,30H,5,7-8,10-15H2,1-3H3,(H2,31,32,33);1-2H3;2H,1H3/b6-4-,30-24?;;. The zero-order chi connectivity index (χ0) is 29.2. The minimum atomic E-state index is 0.386. The number of hydrogen-bond donors (Lipinski definition) is 3. The van der Waals surface area contributed by atoms with Crippen molar-refractivity contribution in [2.45, 2.75) is 85.1 Å². The molecule has 218 valence electrons. The second-order valence-electron chi connectivity index (χ2n) is 10.6. The number of nitrogens with one attached hydrogen (secondary N) is 1. The number of allylic oxidation sites excluding steroid dienone is 6. The summed E-state index contributed by atoms with van der Waals surface area (Å²) in [6.45, 7) is 9.13. The van der Waals surface area contributed by atoms with E-state index >= 15 is 0 Å². The number of rotatable bonds is 7. The first-order valence-electron chi connectivity index (χ1n) is 14.9. The van der Waals surface area contributed by atoms with Gasteiger partial charge in [0.15, 0.2) is 0 Å². The lowest BCUT2D eigenvalue weighted by Gasteiger charge is -2.30. The SMILES string of the molecule is C/C=C\C(=N)c1cn(C2CCC(CCC3=CCC4CCC(N(C)CC)=NC4=C3)C2)c2ncnc(N)c12.CC.CO. The molecule has 0 radical (unpaired) electrons. The molecule has 0 bridgehead atoms. The van der Waals surface area contributed by atoms with Gasteiger partial charge in [-0.3, -0.25) is 0 Å². The van der Waals surface area contributed by atoms with Crippen molar-refractivity contribution in [1.82, 2.24) is 19.4 Å². The van der Waals surface area contributed by atoms with Gasteiger partial charge in [0.2, 0.25) is 0 Å². The summed E-state index contributed by atoms with van der Waals surface area (Å²) >= 11 is 0. The summed E-state index contributed by atoms with van der Waals surface area (Å²) < 4.78 is 2.26. The van der Waals surface area contributed by atoms with Crippen molar-refractivity contribution in [1.29, 1.82) is 5.41 Å². The van der Waals surface area contributed by atoms with E-state index in [0.29, 0.717) is 29.4 Å². The van der Waals surface area contributed by atoms with Gasteiger partial charge in [0.05, 0.1) is 11.1 Å². The van der Waals surface area contributed by atoms with Crippen molar-refractivity contribution < 1.29 is 5.11 Å². The van der Waals surface area contributed by atoms with Gasteiger partial charge in [-0.2, -0.15) is 0 Å². The average molecular weight is 548 g/mol. The zero-order valence-corrected chi connectivity index (χ0v) is 25.3. The fraction of sp³-hybridized carbons (Fsp3) is 0.562. The van der Waals surface area contributed by atoms with Gasteiger partial charge in [-0.05, 0) is 76.9 Å². The molecule has 0 saturated heterocycles. The Balaban J connectivity index is 0.00000106. The minimum absolute atomic E-state index is 0.386. The normalized spacial score (nSPS) is 21.9. The fourth-order valence-electron chi connectivity index (χ4n) is 6.09. The summed E-state index contributed by atoms with van der Waals surface area (Å²) in [6, 6.07) is 0.386. The molecule has 8 nitrogen and oxygen atoms in total. The lowest BCUT2D eigenvalue weighted by molar-refractivity contribution is 0.399. The number of anilines is 1. The van der Waals surface area contributed by atoms with E-state index in [4.69, 9.17) is 21.2 Å². The van der Waals surface area contributed by atoms with Crippen LogP contribution in [0.15, 0.2) is 53.1 Å². The summed E-state index contributed by atoms with van der Waals surface area (Å²) in [7, 11) is 3.15. The second-order valence-corrected chi connectivity index (χ2v) is 10.6. The molecule has 0 aromatic carbocycles. The summed E-state index contributed by atoms with van der Waals surface area (Å²) in [5, 5.41) is 16.3. The first-order valence-corrected chi connectivity index (χ1v) is 14.9. The van der Waals surface area contributed by atoms with Gasteiger partial charge >= 0.3 is 0 Å². The van der Waals surface area contributed by atoms with Crippen LogP contribution in [0, 0.1) is 17.2 Å². The molecule has 3 unspecified atom stereocenters. The van der Waals surface area contributed by atoms with E-state index in [1.54, 1.807) is 6.08 Å². The summed E-state index contributed by atoms with van der Waals surface area (Å²) in [5.74, 6) is 2.99. The number of nitrogen functional groups attached to an aromatic ring is 1. The Morgan fingerprint density at radius 2 is 2.00 bits per heavy atom. The first-order chi connectivity index (χ1) is 19.5. The molecule has 1 aliphatic heterocycles. The number of aromatic nitrogens is 3. The molecular weight excluding hydrogens is 498 g/mol. The topological polar surface area (TPSA) is 116 Å². The van der Waals surface area contributed by atoms with Crippen molar-refractivity contribution in [2.75, 3.05) is 26.4 Å². The van der Waals surface area contributed by atoms with Crippen molar-refractivity contribution in [3.63, 3.8) is 0 Å². The van der Waals surface area contributed by atoms with Gasteiger partial charge in [0, 0.05) is 56.5 Å². The van der Waals surface area contributed by atoms with E-state index in [1.807, 2.05) is 26.8 Å². The van der Waals surface area contributed by atoms with Crippen molar-refractivity contribution in [2.24, 2.45) is 16.8 Å². The number of aliphatic hydroxyl groups is 1. The number of fused-ring (bicyclic) bond motifs is 2. The number of hydrogen-bond acceptors (Lipinski definition) is 7. The van der Waals surface area contributed by atoms with Crippen LogP contribution in [0.3, 0.4) is 0 Å². The molecule has 5 rings (SSSR count). The molecule has 3 heterocycles. The maximum atomic E-state index is 8.49. The number of nitrogens with zero attached hydrogens (tertiary/aromatic N) is 5. The molecule has 2 aliphatic carbocycles. The largest absolute Gasteiger partial charge is 0.400 e. The summed E-state index contributed by atoms with van der Waals surface area (Å²) in [6.07, 6.45) is 21.4. The maximum absolute atomic E-state index is 8.49. The van der Waals surface area contributed by atoms with Crippen molar-refractivity contribution >= 4 is 28.4 Å². The van der Waals surface area contributed by atoms with E-state index < -0.39 is 0 Å². The smallest absolute Gasteiger partial charge is 0.146 e. The van der Waals surface area contributed by atoms with E-state index in [-0.39, 0.29) is 0 Å². The Morgan fingerprint density at radius 3 is 2.73 bits per heavy atom. The van der Waals surface area contributed by atoms with Crippen LogP contribution in [0.25, 0.3) is 11.0 Å². The van der Waals surface area contributed by atoms with Gasteiger partial charge in [0.1, 0.15) is 23.6 Å². The van der Waals surface area contributed by atoms with Gasteiger partial charge in [-0.1, -0.05) is 31.6 Å². The predicted molar refractivity (Wildman–Crippen MR) is 168 cm³/mol. The van der Waals surface area contributed by atoms with Crippen LogP contribution in [0.1, 0.15) is 90.7 Å². The Labute approximate surface area is 240 Å². The highest BCUT2D eigenvalue weighted by molar-refractivity contribution is 6.16. The predicted octanol–water partition coefficient (Wildman–Crippen LogP) is 6.69. The van der Waals surface area contributed by atoms with E-state index in [0.717, 1.165) is 62.4 Å². The third-order valence-electron chi connectivity index (χ3n) is 8.32. The Morgan fingerprint density at radius 1 is 1.23 bits per heavy atom. The van der Waals surface area contributed by atoms with E-state index in [2.05, 4.69) is 51.8 Å². The number of amidine groups is 1. The highest BCUT2D eigenvalue weighted by Gasteiger charge is 2.29. The van der Waals surface area contributed by atoms with Crippen LogP contribution in [-0.2, 0) is 0 Å². The van der Waals surface area contributed by atoms with Gasteiger partial charge in [-0.25, -0.2) is 15.0 Å².